The molecule has 0 saturated heterocycles. The van der Waals surface area contributed by atoms with Crippen molar-refractivity contribution in [3.8, 4) is 0 Å². The van der Waals surface area contributed by atoms with Gasteiger partial charge in [0, 0.05) is 36.8 Å². The molecule has 0 heterocycles. The van der Waals surface area contributed by atoms with Gasteiger partial charge < -0.3 is 16.0 Å². The molecule has 0 aromatic carbocycles. The fourth-order valence-corrected chi connectivity index (χ4v) is 2.16. The summed E-state index contributed by atoms with van der Waals surface area (Å²) in [7, 11) is 0. The Hall–Kier alpha value is -1.81. The van der Waals surface area contributed by atoms with Crippen LogP contribution in [0.1, 0.15) is 26.7 Å². The molecule has 22 heavy (non-hydrogen) atoms. The molecule has 0 spiro atoms. The van der Waals surface area contributed by atoms with Crippen LogP contribution >= 0.6 is 0 Å². The maximum atomic E-state index is 11.5. The summed E-state index contributed by atoms with van der Waals surface area (Å²) in [6, 6.07) is 0.217. The first-order chi connectivity index (χ1) is 10.4. The Morgan fingerprint density at radius 1 is 1.14 bits per heavy atom. The zero-order valence-corrected chi connectivity index (χ0v) is 14.1. The van der Waals surface area contributed by atoms with E-state index >= 15 is 0 Å². The van der Waals surface area contributed by atoms with Gasteiger partial charge in [-0.05, 0) is 25.5 Å². The molecule has 4 heteroatoms. The summed E-state index contributed by atoms with van der Waals surface area (Å²) in [5.74, 6) is -0.153. The van der Waals surface area contributed by atoms with E-state index in [2.05, 4.69) is 56.1 Å². The summed E-state index contributed by atoms with van der Waals surface area (Å²) in [6.07, 6.45) is 6.86. The Labute approximate surface area is 135 Å². The van der Waals surface area contributed by atoms with Crippen molar-refractivity contribution >= 4 is 5.91 Å². The Balaban J connectivity index is 4.99. The number of carbonyl (C=O) groups is 1. The number of hydrogen-bond acceptors (Lipinski definition) is 3. The van der Waals surface area contributed by atoms with E-state index in [4.69, 9.17) is 0 Å². The van der Waals surface area contributed by atoms with E-state index in [1.165, 1.54) is 6.08 Å². The highest BCUT2D eigenvalue weighted by atomic mass is 16.1. The van der Waals surface area contributed by atoms with Crippen LogP contribution in [-0.4, -0.2) is 31.6 Å². The zero-order valence-electron chi connectivity index (χ0n) is 14.1. The molecule has 1 amide bonds. The van der Waals surface area contributed by atoms with Crippen LogP contribution < -0.4 is 16.0 Å². The van der Waals surface area contributed by atoms with E-state index in [0.717, 1.165) is 25.1 Å². The first-order valence-electron chi connectivity index (χ1n) is 7.74. The molecule has 0 bridgehead atoms. The molecule has 124 valence electrons. The van der Waals surface area contributed by atoms with E-state index in [1.807, 2.05) is 6.08 Å². The van der Waals surface area contributed by atoms with Crippen LogP contribution in [0.25, 0.3) is 0 Å². The lowest BCUT2D eigenvalue weighted by atomic mass is 9.82. The zero-order chi connectivity index (χ0) is 17.0. The first-order valence-corrected chi connectivity index (χ1v) is 7.74. The quantitative estimate of drug-likeness (QED) is 0.278. The van der Waals surface area contributed by atoms with Gasteiger partial charge in [-0.1, -0.05) is 39.2 Å². The van der Waals surface area contributed by atoms with Crippen molar-refractivity contribution < 1.29 is 4.79 Å². The average Bonchev–Trinajstić information content (AvgIpc) is 2.54. The second-order valence-corrected chi connectivity index (χ2v) is 5.66. The van der Waals surface area contributed by atoms with Gasteiger partial charge in [0.15, 0.2) is 0 Å². The molecule has 0 aliphatic carbocycles. The van der Waals surface area contributed by atoms with Gasteiger partial charge in [-0.3, -0.25) is 4.79 Å². The minimum Gasteiger partial charge on any atom is -0.385 e. The largest absolute Gasteiger partial charge is 0.385 e. The predicted octanol–water partition coefficient (Wildman–Crippen LogP) is 2.53. The number of amides is 1. The summed E-state index contributed by atoms with van der Waals surface area (Å²) in [5, 5.41) is 9.66. The van der Waals surface area contributed by atoms with E-state index in [9.17, 15) is 4.79 Å². The third-order valence-electron chi connectivity index (χ3n) is 3.69. The molecule has 2 atom stereocenters. The SMILES string of the molecule is C=CC(=C)NCC(CCC)(CNC(=O)C=C)CNC(C)C=C. The topological polar surface area (TPSA) is 53.2 Å². The van der Waals surface area contributed by atoms with Crippen molar-refractivity contribution in [1.82, 2.24) is 16.0 Å². The predicted molar refractivity (Wildman–Crippen MR) is 95.5 cm³/mol. The fourth-order valence-electron chi connectivity index (χ4n) is 2.16. The second-order valence-electron chi connectivity index (χ2n) is 5.66. The van der Waals surface area contributed by atoms with Crippen molar-refractivity contribution in [2.24, 2.45) is 5.41 Å². The number of allylic oxidation sites excluding steroid dienone is 1. The van der Waals surface area contributed by atoms with E-state index < -0.39 is 0 Å². The molecule has 0 saturated carbocycles. The smallest absolute Gasteiger partial charge is 0.243 e. The number of rotatable bonds is 13. The van der Waals surface area contributed by atoms with E-state index in [0.29, 0.717) is 13.1 Å². The highest BCUT2D eigenvalue weighted by Crippen LogP contribution is 2.22. The van der Waals surface area contributed by atoms with Crippen LogP contribution in [0.15, 0.2) is 50.2 Å². The molecule has 0 aliphatic rings. The number of hydrogen-bond donors (Lipinski definition) is 3. The third kappa shape index (κ3) is 7.84. The summed E-state index contributed by atoms with van der Waals surface area (Å²) in [4.78, 5) is 11.5. The van der Waals surface area contributed by atoms with Gasteiger partial charge in [0.05, 0.1) is 0 Å². The highest BCUT2D eigenvalue weighted by Gasteiger charge is 2.29. The van der Waals surface area contributed by atoms with Crippen LogP contribution in [0.5, 0.6) is 0 Å². The molecular formula is C18H31N3O. The first kappa shape index (κ1) is 20.2. The van der Waals surface area contributed by atoms with Crippen LogP contribution in [0.2, 0.25) is 0 Å². The number of nitrogens with one attached hydrogen (secondary N) is 3. The van der Waals surface area contributed by atoms with Crippen molar-refractivity contribution in [3.63, 3.8) is 0 Å². The lowest BCUT2D eigenvalue weighted by Gasteiger charge is -2.35. The second kappa shape index (κ2) is 10.9. The molecule has 4 nitrogen and oxygen atoms in total. The lowest BCUT2D eigenvalue weighted by Crippen LogP contribution is -2.50. The van der Waals surface area contributed by atoms with Gasteiger partial charge >= 0.3 is 0 Å². The number of carbonyl (C=O) groups excluding carboxylic acids is 1. The lowest BCUT2D eigenvalue weighted by molar-refractivity contribution is -0.117. The van der Waals surface area contributed by atoms with E-state index in [1.54, 1.807) is 6.08 Å². The van der Waals surface area contributed by atoms with Crippen molar-refractivity contribution in [2.45, 2.75) is 32.7 Å². The molecule has 0 aliphatic heterocycles. The van der Waals surface area contributed by atoms with Crippen LogP contribution in [0.3, 0.4) is 0 Å². The van der Waals surface area contributed by atoms with Gasteiger partial charge in [-0.15, -0.1) is 6.58 Å². The molecular weight excluding hydrogens is 274 g/mol. The normalized spacial score (nSPS) is 14.3. The molecule has 0 radical (unpaired) electrons. The molecule has 0 aromatic rings. The monoisotopic (exact) mass is 305 g/mol. The Morgan fingerprint density at radius 2 is 1.77 bits per heavy atom. The average molecular weight is 305 g/mol. The Kier molecular flexibility index (Phi) is 9.96. The van der Waals surface area contributed by atoms with Crippen LogP contribution in [-0.2, 0) is 4.79 Å². The minimum absolute atomic E-state index is 0.114. The van der Waals surface area contributed by atoms with Gasteiger partial charge in [0.25, 0.3) is 0 Å². The highest BCUT2D eigenvalue weighted by molar-refractivity contribution is 5.86. The minimum atomic E-state index is -0.153. The van der Waals surface area contributed by atoms with Crippen molar-refractivity contribution in [3.05, 3.63) is 50.2 Å². The third-order valence-corrected chi connectivity index (χ3v) is 3.69. The maximum Gasteiger partial charge on any atom is 0.243 e. The molecule has 2 unspecified atom stereocenters. The fraction of sp³-hybridized carbons (Fsp3) is 0.500. The summed E-state index contributed by atoms with van der Waals surface area (Å²) >= 11 is 0. The summed E-state index contributed by atoms with van der Waals surface area (Å²) in [6.45, 7) is 21.1. The van der Waals surface area contributed by atoms with Crippen LogP contribution in [0.4, 0.5) is 0 Å². The van der Waals surface area contributed by atoms with Gasteiger partial charge in [0.1, 0.15) is 0 Å². The van der Waals surface area contributed by atoms with Crippen LogP contribution in [0, 0.1) is 5.41 Å². The summed E-state index contributed by atoms with van der Waals surface area (Å²) < 4.78 is 0. The molecule has 3 N–H and O–H groups in total. The van der Waals surface area contributed by atoms with Crippen molar-refractivity contribution in [1.29, 1.82) is 0 Å². The summed E-state index contributed by atoms with van der Waals surface area (Å²) in [5.41, 5.74) is 0.670. The maximum absolute atomic E-state index is 11.5. The van der Waals surface area contributed by atoms with Gasteiger partial charge in [-0.2, -0.15) is 0 Å². The van der Waals surface area contributed by atoms with Gasteiger partial charge in [-0.25, -0.2) is 0 Å². The molecule has 0 fully saturated rings. The Morgan fingerprint density at radius 3 is 2.27 bits per heavy atom. The standard InChI is InChI=1S/C18H31N3O/c1-7-11-18(12-19-15(5)8-2,13-20-16(6)9-3)14-21-17(22)10-4/h8-10,16,19-20H,2-5,7,11-14H2,1,6H3,(H,21,22). The van der Waals surface area contributed by atoms with Gasteiger partial charge in [0.2, 0.25) is 5.91 Å². The van der Waals surface area contributed by atoms with E-state index in [-0.39, 0.29) is 17.4 Å². The van der Waals surface area contributed by atoms with Crippen molar-refractivity contribution in [2.75, 3.05) is 19.6 Å². The molecule has 0 rings (SSSR count). The Bertz CT molecular complexity index is 377. The molecule has 0 aromatic heterocycles.